The lowest BCUT2D eigenvalue weighted by Crippen LogP contribution is -2.53. The largest absolute Gasteiger partial charge is 0.480 e. The Bertz CT molecular complexity index is 405. The van der Waals surface area contributed by atoms with Crippen molar-refractivity contribution >= 4 is 24.8 Å². The molecule has 1 fully saturated rings. The highest BCUT2D eigenvalue weighted by Gasteiger charge is 2.36. The van der Waals surface area contributed by atoms with Gasteiger partial charge in [0.05, 0.1) is 5.94 Å². The summed E-state index contributed by atoms with van der Waals surface area (Å²) in [7, 11) is -1.17. The van der Waals surface area contributed by atoms with Gasteiger partial charge in [0.1, 0.15) is 11.8 Å². The van der Waals surface area contributed by atoms with Crippen LogP contribution < -0.4 is 11.1 Å². The van der Waals surface area contributed by atoms with E-state index in [0.29, 0.717) is 12.8 Å². The van der Waals surface area contributed by atoms with Crippen molar-refractivity contribution in [2.45, 2.75) is 57.1 Å². The molecule has 1 aliphatic heterocycles. The average Bonchev–Trinajstić information content (AvgIpc) is 2.38. The Morgan fingerprint density at radius 1 is 1.43 bits per heavy atom. The summed E-state index contributed by atoms with van der Waals surface area (Å²) in [6, 6.07) is -1.08. The van der Waals surface area contributed by atoms with E-state index in [1.54, 1.807) is 0 Å². The van der Waals surface area contributed by atoms with Crippen LogP contribution in [0, 0.1) is 0 Å². The number of amides is 1. The van der Waals surface area contributed by atoms with E-state index in [4.69, 9.17) is 15.5 Å². The zero-order valence-electron chi connectivity index (χ0n) is 11.9. The first-order valence-corrected chi connectivity index (χ1v) is 6.90. The van der Waals surface area contributed by atoms with Crippen molar-refractivity contribution in [2.24, 2.45) is 5.73 Å². The number of ketones is 1. The maximum absolute atomic E-state index is 11.7. The van der Waals surface area contributed by atoms with Gasteiger partial charge in [-0.15, -0.1) is 0 Å². The third kappa shape index (κ3) is 6.24. The first-order valence-electron chi connectivity index (χ1n) is 6.90. The molecule has 0 radical (unpaired) electrons. The maximum Gasteiger partial charge on any atom is 0.478 e. The minimum Gasteiger partial charge on any atom is -0.480 e. The van der Waals surface area contributed by atoms with Crippen LogP contribution in [-0.2, 0) is 19.0 Å². The molecule has 0 saturated carbocycles. The molecule has 0 unspecified atom stereocenters. The number of carbonyl (C=O) groups is 3. The summed E-state index contributed by atoms with van der Waals surface area (Å²) in [6.07, 6.45) is 0.967. The molecule has 0 spiro atoms. The van der Waals surface area contributed by atoms with Gasteiger partial charge in [0, 0.05) is 18.9 Å². The van der Waals surface area contributed by atoms with Crippen LogP contribution in [0.2, 0.25) is 0 Å². The summed E-state index contributed by atoms with van der Waals surface area (Å²) >= 11 is 0. The van der Waals surface area contributed by atoms with Gasteiger partial charge in [-0.25, -0.2) is 0 Å². The number of carbonyl (C=O) groups excluding carboxylic acids is 2. The fourth-order valence-corrected chi connectivity index (χ4v) is 2.17. The van der Waals surface area contributed by atoms with Crippen molar-refractivity contribution in [2.75, 3.05) is 0 Å². The molecule has 1 aliphatic rings. The van der Waals surface area contributed by atoms with Crippen molar-refractivity contribution in [1.82, 2.24) is 5.32 Å². The van der Waals surface area contributed by atoms with E-state index in [1.165, 1.54) is 6.92 Å². The van der Waals surface area contributed by atoms with E-state index in [0.717, 1.165) is 0 Å². The lowest BCUT2D eigenvalue weighted by Gasteiger charge is -2.31. The summed E-state index contributed by atoms with van der Waals surface area (Å²) in [5, 5.41) is 21.0. The molecule has 9 heteroatoms. The lowest BCUT2D eigenvalue weighted by atomic mass is 9.72. The Labute approximate surface area is 123 Å². The second kappa shape index (κ2) is 8.11. The average molecular weight is 300 g/mol. The summed E-state index contributed by atoms with van der Waals surface area (Å²) in [5.41, 5.74) is 5.30. The first kappa shape index (κ1) is 17.6. The van der Waals surface area contributed by atoms with Gasteiger partial charge in [-0.2, -0.15) is 0 Å². The van der Waals surface area contributed by atoms with Crippen molar-refractivity contribution < 1.29 is 29.2 Å². The Morgan fingerprint density at radius 2 is 2.10 bits per heavy atom. The van der Waals surface area contributed by atoms with E-state index >= 15 is 0 Å². The molecular formula is C12H21BN2O6. The fourth-order valence-electron chi connectivity index (χ4n) is 2.17. The van der Waals surface area contributed by atoms with Crippen LogP contribution in [0.5, 0.6) is 0 Å². The van der Waals surface area contributed by atoms with Crippen LogP contribution >= 0.6 is 0 Å². The van der Waals surface area contributed by atoms with Crippen molar-refractivity contribution in [3.8, 4) is 0 Å². The second-order valence-corrected chi connectivity index (χ2v) is 5.29. The normalized spacial score (nSPS) is 23.5. The minimum atomic E-state index is -1.17. The van der Waals surface area contributed by atoms with Gasteiger partial charge in [0.15, 0.2) is 0 Å². The standard InChI is InChI=1S/C12H21BN2O6/c1-7(16)6-8-2-4-10(13(20)21-8)15-11(17)5-3-9(14)12(18)19/h8-10,20H,2-6,14H2,1H3,(H,15,17)(H,18,19)/t8-,9-,10-/m0/s1. The van der Waals surface area contributed by atoms with Gasteiger partial charge in [0.25, 0.3) is 0 Å². The number of nitrogens with one attached hydrogen (secondary N) is 1. The number of hydrogen-bond acceptors (Lipinski definition) is 6. The highest BCUT2D eigenvalue weighted by Crippen LogP contribution is 2.19. The number of carboxylic acid groups (broad SMARTS) is 1. The second-order valence-electron chi connectivity index (χ2n) is 5.29. The smallest absolute Gasteiger partial charge is 0.478 e. The van der Waals surface area contributed by atoms with Crippen LogP contribution in [0.1, 0.15) is 39.0 Å². The monoisotopic (exact) mass is 300 g/mol. The van der Waals surface area contributed by atoms with Gasteiger partial charge < -0.3 is 25.8 Å². The number of hydrogen-bond donors (Lipinski definition) is 4. The summed E-state index contributed by atoms with van der Waals surface area (Å²) in [6.45, 7) is 1.45. The predicted octanol–water partition coefficient (Wildman–Crippen LogP) is -1.16. The number of rotatable bonds is 7. The molecule has 1 rings (SSSR count). The van der Waals surface area contributed by atoms with Gasteiger partial charge in [-0.05, 0) is 26.2 Å². The molecule has 0 aromatic carbocycles. The summed E-state index contributed by atoms with van der Waals surface area (Å²) < 4.78 is 5.28. The van der Waals surface area contributed by atoms with Crippen molar-refractivity contribution in [1.29, 1.82) is 0 Å². The van der Waals surface area contributed by atoms with Crippen LogP contribution in [0.25, 0.3) is 0 Å². The SMILES string of the molecule is CC(=O)C[C@@H]1CC[C@H](NC(=O)CC[C@H](N)C(=O)O)B(O)O1. The lowest BCUT2D eigenvalue weighted by molar-refractivity contribution is -0.138. The number of carboxylic acids is 1. The van der Waals surface area contributed by atoms with E-state index in [1.807, 2.05) is 0 Å². The Hall–Kier alpha value is -1.45. The molecule has 0 aromatic rings. The Balaban J connectivity index is 2.34. The number of nitrogens with two attached hydrogens (primary N) is 1. The van der Waals surface area contributed by atoms with Gasteiger partial charge in [-0.1, -0.05) is 0 Å². The molecule has 1 heterocycles. The fraction of sp³-hybridized carbons (Fsp3) is 0.750. The molecule has 0 aliphatic carbocycles. The topological polar surface area (TPSA) is 139 Å². The van der Waals surface area contributed by atoms with E-state index in [9.17, 15) is 19.4 Å². The van der Waals surface area contributed by atoms with Crippen LogP contribution in [0.4, 0.5) is 0 Å². The Kier molecular flexibility index (Phi) is 6.80. The molecule has 118 valence electrons. The molecule has 3 atom stereocenters. The molecule has 1 saturated heterocycles. The number of aliphatic carboxylic acids is 1. The molecule has 21 heavy (non-hydrogen) atoms. The summed E-state index contributed by atoms with van der Waals surface area (Å²) in [5.74, 6) is -2.11. The van der Waals surface area contributed by atoms with Crippen molar-refractivity contribution in [3.63, 3.8) is 0 Å². The zero-order valence-corrected chi connectivity index (χ0v) is 11.9. The van der Waals surface area contributed by atoms with Crippen LogP contribution in [0.3, 0.4) is 0 Å². The Morgan fingerprint density at radius 3 is 2.62 bits per heavy atom. The van der Waals surface area contributed by atoms with Crippen LogP contribution in [0.15, 0.2) is 0 Å². The van der Waals surface area contributed by atoms with Crippen molar-refractivity contribution in [3.05, 3.63) is 0 Å². The molecule has 0 aromatic heterocycles. The highest BCUT2D eigenvalue weighted by molar-refractivity contribution is 6.45. The third-order valence-corrected chi connectivity index (χ3v) is 3.34. The van der Waals surface area contributed by atoms with Gasteiger partial charge in [-0.3, -0.25) is 14.4 Å². The predicted molar refractivity (Wildman–Crippen MR) is 74.2 cm³/mol. The van der Waals surface area contributed by atoms with Gasteiger partial charge in [0.2, 0.25) is 5.91 Å². The van der Waals surface area contributed by atoms with Gasteiger partial charge >= 0.3 is 13.1 Å². The van der Waals surface area contributed by atoms with E-state index in [-0.39, 0.29) is 37.1 Å². The first-order chi connectivity index (χ1) is 9.79. The molecule has 8 nitrogen and oxygen atoms in total. The quantitative estimate of drug-likeness (QED) is 0.435. The molecule has 1 amide bonds. The maximum atomic E-state index is 11.7. The van der Waals surface area contributed by atoms with E-state index in [2.05, 4.69) is 5.32 Å². The summed E-state index contributed by atoms with van der Waals surface area (Å²) in [4.78, 5) is 33.2. The van der Waals surface area contributed by atoms with E-state index < -0.39 is 25.1 Å². The minimum absolute atomic E-state index is 0.0163. The number of Topliss-reactive ketones (excluding diaryl/α,β-unsaturated/α-hetero) is 1. The molecule has 5 N–H and O–H groups in total. The highest BCUT2D eigenvalue weighted by atomic mass is 16.5. The zero-order chi connectivity index (χ0) is 16.0. The van der Waals surface area contributed by atoms with Crippen LogP contribution in [-0.4, -0.2) is 53.0 Å². The third-order valence-electron chi connectivity index (χ3n) is 3.34. The molecular weight excluding hydrogens is 279 g/mol. The molecule has 0 bridgehead atoms.